The minimum absolute atomic E-state index is 0.0423. The van der Waals surface area contributed by atoms with E-state index < -0.39 is 12.1 Å². The first kappa shape index (κ1) is 22.5. The number of Topliss-reactive ketones (excluding diaryl/α,β-unsaturated/α-hetero) is 1. The number of thiophene rings is 1. The zero-order valence-corrected chi connectivity index (χ0v) is 19.4. The van der Waals surface area contributed by atoms with Gasteiger partial charge in [-0.1, -0.05) is 38.1 Å². The van der Waals surface area contributed by atoms with Crippen molar-refractivity contribution in [1.82, 2.24) is 9.80 Å². The molecule has 2 saturated heterocycles. The summed E-state index contributed by atoms with van der Waals surface area (Å²) < 4.78 is 5.92. The Kier molecular flexibility index (Phi) is 6.94. The second-order valence-corrected chi connectivity index (χ2v) is 10.0. The summed E-state index contributed by atoms with van der Waals surface area (Å²) in [6, 6.07) is 12.2. The van der Waals surface area contributed by atoms with Gasteiger partial charge in [-0.15, -0.1) is 11.3 Å². The molecule has 2 amide bonds. The maximum Gasteiger partial charge on any atom is 0.410 e. The molecule has 6 nitrogen and oxygen atoms in total. The summed E-state index contributed by atoms with van der Waals surface area (Å²) in [4.78, 5) is 43.3. The van der Waals surface area contributed by atoms with Crippen LogP contribution in [0.3, 0.4) is 0 Å². The van der Waals surface area contributed by atoms with Crippen molar-refractivity contribution in [1.29, 1.82) is 0 Å². The van der Waals surface area contributed by atoms with Crippen LogP contribution in [0.1, 0.15) is 48.3 Å². The predicted molar refractivity (Wildman–Crippen MR) is 124 cm³/mol. The van der Waals surface area contributed by atoms with Crippen LogP contribution in [-0.2, 0) is 16.0 Å². The molecule has 2 fully saturated rings. The van der Waals surface area contributed by atoms with Gasteiger partial charge in [-0.3, -0.25) is 14.5 Å². The van der Waals surface area contributed by atoms with Gasteiger partial charge >= 0.3 is 6.09 Å². The number of hydrogen-bond donors (Lipinski definition) is 0. The van der Waals surface area contributed by atoms with E-state index in [4.69, 9.17) is 4.74 Å². The Balaban J connectivity index is 1.41. The van der Waals surface area contributed by atoms with Crippen LogP contribution in [0.25, 0.3) is 0 Å². The van der Waals surface area contributed by atoms with Crippen molar-refractivity contribution in [2.24, 2.45) is 5.92 Å². The van der Waals surface area contributed by atoms with E-state index in [0.717, 1.165) is 19.3 Å². The number of hydrogen-bond acceptors (Lipinski definition) is 5. The standard InChI is InChI=1S/C25H30N2O4S/c1-17(2)15-19(10-11-20-9-6-14-32-20)31-25(30)26-13-12-21-23(26)22(28)16-27(21)24(29)18-7-4-3-5-8-18/h3-9,14,17,19,21,23H,10-13,15-16H2,1-2H3/t19-,21?,23?/m1/s1. The largest absolute Gasteiger partial charge is 0.446 e. The van der Waals surface area contributed by atoms with Gasteiger partial charge in [-0.2, -0.15) is 0 Å². The first-order chi connectivity index (χ1) is 15.4. The highest BCUT2D eigenvalue weighted by molar-refractivity contribution is 7.09. The molecule has 1 aromatic carbocycles. The molecule has 0 aliphatic carbocycles. The van der Waals surface area contributed by atoms with Crippen molar-refractivity contribution in [2.75, 3.05) is 13.1 Å². The number of fused-ring (bicyclic) bond motifs is 1. The molecule has 2 aromatic rings. The average molecular weight is 455 g/mol. The van der Waals surface area contributed by atoms with Gasteiger partial charge in [0.1, 0.15) is 12.1 Å². The van der Waals surface area contributed by atoms with E-state index in [1.165, 1.54) is 4.88 Å². The van der Waals surface area contributed by atoms with Gasteiger partial charge in [0.05, 0.1) is 12.6 Å². The van der Waals surface area contributed by atoms with Crippen LogP contribution in [0.15, 0.2) is 47.8 Å². The molecule has 0 N–H and O–H groups in total. The lowest BCUT2D eigenvalue weighted by Gasteiger charge is -2.27. The SMILES string of the molecule is CC(C)C[C@@H](CCc1cccs1)OC(=O)N1CCC2C1C(=O)CN2C(=O)c1ccccc1. The third-order valence-electron chi connectivity index (χ3n) is 6.23. The molecule has 2 aliphatic rings. The molecular weight excluding hydrogens is 424 g/mol. The first-order valence-electron chi connectivity index (χ1n) is 11.3. The second-order valence-electron chi connectivity index (χ2n) is 9.01. The second kappa shape index (κ2) is 9.86. The van der Waals surface area contributed by atoms with Crippen LogP contribution in [0.5, 0.6) is 0 Å². The molecule has 4 rings (SSSR count). The van der Waals surface area contributed by atoms with Crippen LogP contribution in [0.4, 0.5) is 4.79 Å². The van der Waals surface area contributed by atoms with E-state index in [0.29, 0.717) is 24.4 Å². The quantitative estimate of drug-likeness (QED) is 0.622. The lowest BCUT2D eigenvalue weighted by atomic mass is 10.0. The minimum atomic E-state index is -0.604. The fraction of sp³-hybridized carbons (Fsp3) is 0.480. The molecule has 2 unspecified atom stereocenters. The Hall–Kier alpha value is -2.67. The summed E-state index contributed by atoms with van der Waals surface area (Å²) >= 11 is 1.71. The van der Waals surface area contributed by atoms with Gasteiger partial charge in [0.15, 0.2) is 5.78 Å². The van der Waals surface area contributed by atoms with Gasteiger partial charge in [-0.25, -0.2) is 4.79 Å². The predicted octanol–water partition coefficient (Wildman–Crippen LogP) is 4.40. The number of ether oxygens (including phenoxy) is 1. The Bertz CT molecular complexity index is 944. The number of ketones is 1. The lowest BCUT2D eigenvalue weighted by molar-refractivity contribution is -0.120. The summed E-state index contributed by atoms with van der Waals surface area (Å²) in [6.45, 7) is 4.70. The molecule has 32 heavy (non-hydrogen) atoms. The highest BCUT2D eigenvalue weighted by atomic mass is 32.1. The van der Waals surface area contributed by atoms with E-state index in [1.54, 1.807) is 33.3 Å². The molecule has 170 valence electrons. The third-order valence-corrected chi connectivity index (χ3v) is 7.17. The van der Waals surface area contributed by atoms with Crippen LogP contribution in [0, 0.1) is 5.92 Å². The zero-order chi connectivity index (χ0) is 22.7. The van der Waals surface area contributed by atoms with E-state index in [2.05, 4.69) is 25.3 Å². The zero-order valence-electron chi connectivity index (χ0n) is 18.6. The normalized spacial score (nSPS) is 21.2. The Morgan fingerprint density at radius 1 is 1.12 bits per heavy atom. The number of likely N-dealkylation sites (tertiary alicyclic amines) is 2. The van der Waals surface area contributed by atoms with E-state index in [-0.39, 0.29) is 30.4 Å². The van der Waals surface area contributed by atoms with Crippen LogP contribution in [-0.4, -0.2) is 58.9 Å². The molecule has 7 heteroatoms. The van der Waals surface area contributed by atoms with E-state index >= 15 is 0 Å². The van der Waals surface area contributed by atoms with Gasteiger partial charge in [0.25, 0.3) is 5.91 Å². The smallest absolute Gasteiger partial charge is 0.410 e. The molecular formula is C25H30N2O4S. The van der Waals surface area contributed by atoms with Crippen LogP contribution < -0.4 is 0 Å². The number of benzene rings is 1. The lowest BCUT2D eigenvalue weighted by Crippen LogP contribution is -2.44. The number of nitrogens with zero attached hydrogens (tertiary/aromatic N) is 2. The molecule has 3 heterocycles. The number of rotatable bonds is 7. The summed E-state index contributed by atoms with van der Waals surface area (Å²) in [5.41, 5.74) is 0.563. The Morgan fingerprint density at radius 3 is 2.59 bits per heavy atom. The van der Waals surface area contributed by atoms with Gasteiger partial charge in [-0.05, 0) is 55.2 Å². The first-order valence-corrected chi connectivity index (χ1v) is 12.2. The minimum Gasteiger partial charge on any atom is -0.446 e. The van der Waals surface area contributed by atoms with Crippen molar-refractivity contribution in [3.8, 4) is 0 Å². The average Bonchev–Trinajstić information content (AvgIpc) is 3.51. The van der Waals surface area contributed by atoms with Gasteiger partial charge in [0, 0.05) is 17.0 Å². The topological polar surface area (TPSA) is 66.9 Å². The van der Waals surface area contributed by atoms with Crippen molar-refractivity contribution >= 4 is 29.1 Å². The molecule has 0 saturated carbocycles. The maximum atomic E-state index is 13.1. The molecule has 2 aliphatic heterocycles. The van der Waals surface area contributed by atoms with Crippen molar-refractivity contribution < 1.29 is 19.1 Å². The summed E-state index contributed by atoms with van der Waals surface area (Å²) in [5.74, 6) is 0.151. The van der Waals surface area contributed by atoms with Crippen LogP contribution in [0.2, 0.25) is 0 Å². The van der Waals surface area contributed by atoms with Crippen molar-refractivity contribution in [2.45, 2.75) is 57.7 Å². The molecule has 1 aromatic heterocycles. The fourth-order valence-corrected chi connectivity index (χ4v) is 5.49. The monoisotopic (exact) mass is 454 g/mol. The van der Waals surface area contributed by atoms with Gasteiger partial charge < -0.3 is 9.64 Å². The molecule has 0 spiro atoms. The summed E-state index contributed by atoms with van der Waals surface area (Å²) in [5, 5.41) is 2.05. The van der Waals surface area contributed by atoms with Gasteiger partial charge in [0.2, 0.25) is 0 Å². The molecule has 0 bridgehead atoms. The Labute approximate surface area is 193 Å². The number of carbonyl (C=O) groups excluding carboxylic acids is 3. The Morgan fingerprint density at radius 2 is 1.91 bits per heavy atom. The van der Waals surface area contributed by atoms with E-state index in [1.807, 2.05) is 24.3 Å². The van der Waals surface area contributed by atoms with Crippen molar-refractivity contribution in [3.63, 3.8) is 0 Å². The summed E-state index contributed by atoms with van der Waals surface area (Å²) in [6.07, 6.45) is 2.38. The van der Waals surface area contributed by atoms with Crippen LogP contribution >= 0.6 is 11.3 Å². The number of aryl methyl sites for hydroxylation is 1. The number of carbonyl (C=O) groups is 3. The highest BCUT2D eigenvalue weighted by Crippen LogP contribution is 2.32. The fourth-order valence-electron chi connectivity index (χ4n) is 4.76. The number of amides is 2. The molecule has 3 atom stereocenters. The third kappa shape index (κ3) is 4.88. The molecule has 0 radical (unpaired) electrons. The maximum absolute atomic E-state index is 13.1. The van der Waals surface area contributed by atoms with E-state index in [9.17, 15) is 14.4 Å². The summed E-state index contributed by atoms with van der Waals surface area (Å²) in [7, 11) is 0. The highest BCUT2D eigenvalue weighted by Gasteiger charge is 2.52. The van der Waals surface area contributed by atoms with Crippen molar-refractivity contribution in [3.05, 3.63) is 58.3 Å².